The summed E-state index contributed by atoms with van der Waals surface area (Å²) >= 11 is 0. The number of aryl methyl sites for hydroxylation is 2. The van der Waals surface area contributed by atoms with Crippen LogP contribution in [0.2, 0.25) is 0 Å². The van der Waals surface area contributed by atoms with E-state index in [4.69, 9.17) is 0 Å². The molecular formula is C22H22N4O2. The molecule has 0 atom stereocenters. The van der Waals surface area contributed by atoms with Crippen molar-refractivity contribution in [1.29, 1.82) is 0 Å². The smallest absolute Gasteiger partial charge is 0.268 e. The van der Waals surface area contributed by atoms with Crippen LogP contribution in [0.5, 0.6) is 0 Å². The predicted molar refractivity (Wildman–Crippen MR) is 108 cm³/mol. The first-order valence-corrected chi connectivity index (χ1v) is 8.93. The van der Waals surface area contributed by atoms with Gasteiger partial charge < -0.3 is 0 Å². The third-order valence-corrected chi connectivity index (χ3v) is 4.19. The summed E-state index contributed by atoms with van der Waals surface area (Å²) in [4.78, 5) is 24.1. The maximum Gasteiger partial charge on any atom is 0.269 e. The second-order valence-corrected chi connectivity index (χ2v) is 6.55. The number of nitrogens with zero attached hydrogens (tertiary/aromatic N) is 2. The van der Waals surface area contributed by atoms with E-state index < -0.39 is 5.91 Å². The SMILES string of the molecule is Cc1ccc(C(=O)NNC(=O)/C=C/c2cnn(Cc3ccccc3)c2)c(C)c1. The molecule has 2 aromatic carbocycles. The van der Waals surface area contributed by atoms with Crippen LogP contribution < -0.4 is 10.9 Å². The topological polar surface area (TPSA) is 76.0 Å². The first-order valence-electron chi connectivity index (χ1n) is 8.93. The third-order valence-electron chi connectivity index (χ3n) is 4.19. The third kappa shape index (κ3) is 5.17. The zero-order chi connectivity index (χ0) is 19.9. The fourth-order valence-electron chi connectivity index (χ4n) is 2.79. The van der Waals surface area contributed by atoms with Crippen molar-refractivity contribution in [2.45, 2.75) is 20.4 Å². The van der Waals surface area contributed by atoms with Crippen LogP contribution in [0.15, 0.2) is 67.0 Å². The van der Waals surface area contributed by atoms with Gasteiger partial charge in [0.15, 0.2) is 0 Å². The van der Waals surface area contributed by atoms with Crippen LogP contribution in [0, 0.1) is 13.8 Å². The maximum absolute atomic E-state index is 12.2. The molecule has 0 aliphatic heterocycles. The van der Waals surface area contributed by atoms with Gasteiger partial charge in [0, 0.05) is 23.4 Å². The fraction of sp³-hybridized carbons (Fsp3) is 0.136. The van der Waals surface area contributed by atoms with Crippen molar-refractivity contribution in [3.8, 4) is 0 Å². The summed E-state index contributed by atoms with van der Waals surface area (Å²) in [5.41, 5.74) is 9.21. The zero-order valence-electron chi connectivity index (χ0n) is 15.8. The van der Waals surface area contributed by atoms with Gasteiger partial charge >= 0.3 is 0 Å². The number of rotatable bonds is 5. The molecule has 1 heterocycles. The molecule has 28 heavy (non-hydrogen) atoms. The molecule has 2 N–H and O–H groups in total. The van der Waals surface area contributed by atoms with Crippen molar-refractivity contribution in [3.05, 3.63) is 94.8 Å². The van der Waals surface area contributed by atoms with Crippen LogP contribution in [-0.2, 0) is 11.3 Å². The minimum absolute atomic E-state index is 0.352. The molecule has 0 radical (unpaired) electrons. The van der Waals surface area contributed by atoms with Gasteiger partial charge in [-0.3, -0.25) is 25.1 Å². The van der Waals surface area contributed by atoms with Crippen molar-refractivity contribution in [1.82, 2.24) is 20.6 Å². The highest BCUT2D eigenvalue weighted by Gasteiger charge is 2.09. The number of carbonyl (C=O) groups excluding carboxylic acids is 2. The number of nitrogens with one attached hydrogen (secondary N) is 2. The number of hydrogen-bond donors (Lipinski definition) is 2. The summed E-state index contributed by atoms with van der Waals surface area (Å²) in [5.74, 6) is -0.774. The zero-order valence-corrected chi connectivity index (χ0v) is 15.8. The van der Waals surface area contributed by atoms with Gasteiger partial charge in [-0.25, -0.2) is 0 Å². The Labute approximate surface area is 163 Å². The van der Waals surface area contributed by atoms with E-state index in [1.54, 1.807) is 23.0 Å². The highest BCUT2D eigenvalue weighted by molar-refractivity contribution is 5.98. The van der Waals surface area contributed by atoms with Gasteiger partial charge in [0.1, 0.15) is 0 Å². The van der Waals surface area contributed by atoms with E-state index in [1.165, 1.54) is 6.08 Å². The van der Waals surface area contributed by atoms with Gasteiger partial charge in [-0.1, -0.05) is 48.0 Å². The number of amides is 2. The summed E-state index contributed by atoms with van der Waals surface area (Å²) in [5, 5.41) is 4.28. The summed E-state index contributed by atoms with van der Waals surface area (Å²) in [6.07, 6.45) is 6.53. The molecule has 0 saturated carbocycles. The van der Waals surface area contributed by atoms with Gasteiger partial charge in [-0.2, -0.15) is 5.10 Å². The minimum atomic E-state index is -0.422. The van der Waals surface area contributed by atoms with Crippen LogP contribution in [0.3, 0.4) is 0 Å². The minimum Gasteiger partial charge on any atom is -0.268 e. The molecule has 6 heteroatoms. The van der Waals surface area contributed by atoms with Crippen molar-refractivity contribution in [3.63, 3.8) is 0 Å². The standard InChI is InChI=1S/C22H22N4O2/c1-16-8-10-20(17(2)12-16)22(28)25-24-21(27)11-9-19-13-23-26(15-19)14-18-6-4-3-5-7-18/h3-13,15H,14H2,1-2H3,(H,24,27)(H,25,28)/b11-9+. The first kappa shape index (κ1) is 19.1. The largest absolute Gasteiger partial charge is 0.269 e. The molecule has 3 rings (SSSR count). The Bertz CT molecular complexity index is 1010. The molecule has 1 aromatic heterocycles. The predicted octanol–water partition coefficient (Wildman–Crippen LogP) is 3.02. The van der Waals surface area contributed by atoms with E-state index >= 15 is 0 Å². The number of hydrogen-bond acceptors (Lipinski definition) is 3. The Kier molecular flexibility index (Phi) is 6.01. The Morgan fingerprint density at radius 3 is 2.61 bits per heavy atom. The summed E-state index contributed by atoms with van der Waals surface area (Å²) in [7, 11) is 0. The number of aromatic nitrogens is 2. The summed E-state index contributed by atoms with van der Waals surface area (Å²) in [6, 6.07) is 15.5. The van der Waals surface area contributed by atoms with E-state index in [9.17, 15) is 9.59 Å². The Hall–Kier alpha value is -3.67. The second kappa shape index (κ2) is 8.81. The lowest BCUT2D eigenvalue weighted by molar-refractivity contribution is -0.117. The van der Waals surface area contributed by atoms with Crippen molar-refractivity contribution in [2.24, 2.45) is 0 Å². The van der Waals surface area contributed by atoms with Gasteiger partial charge in [-0.05, 0) is 37.1 Å². The number of carbonyl (C=O) groups is 2. The maximum atomic E-state index is 12.2. The lowest BCUT2D eigenvalue weighted by atomic mass is 10.1. The van der Waals surface area contributed by atoms with Crippen LogP contribution >= 0.6 is 0 Å². The lowest BCUT2D eigenvalue weighted by Gasteiger charge is -2.08. The molecule has 2 amide bonds. The van der Waals surface area contributed by atoms with Gasteiger partial charge in [-0.15, -0.1) is 0 Å². The molecule has 0 aliphatic rings. The number of benzene rings is 2. The molecule has 0 bridgehead atoms. The van der Waals surface area contributed by atoms with Crippen LogP contribution in [0.1, 0.15) is 32.6 Å². The van der Waals surface area contributed by atoms with Gasteiger partial charge in [0.25, 0.3) is 11.8 Å². The average Bonchev–Trinajstić information content (AvgIpc) is 3.12. The molecule has 0 saturated heterocycles. The quantitative estimate of drug-likeness (QED) is 0.532. The average molecular weight is 374 g/mol. The summed E-state index contributed by atoms with van der Waals surface area (Å²) < 4.78 is 1.80. The van der Waals surface area contributed by atoms with Crippen molar-refractivity contribution >= 4 is 17.9 Å². The van der Waals surface area contributed by atoms with Gasteiger partial charge in [0.2, 0.25) is 0 Å². The fourth-order valence-corrected chi connectivity index (χ4v) is 2.79. The Balaban J connectivity index is 1.52. The Morgan fingerprint density at radius 1 is 1.07 bits per heavy atom. The first-order chi connectivity index (χ1) is 13.5. The molecule has 0 fully saturated rings. The van der Waals surface area contributed by atoms with E-state index in [-0.39, 0.29) is 5.91 Å². The molecule has 0 unspecified atom stereocenters. The molecule has 0 spiro atoms. The molecular weight excluding hydrogens is 352 g/mol. The summed E-state index contributed by atoms with van der Waals surface area (Å²) in [6.45, 7) is 4.48. The molecule has 6 nitrogen and oxygen atoms in total. The molecule has 3 aromatic rings. The van der Waals surface area contributed by atoms with Gasteiger partial charge in [0.05, 0.1) is 12.7 Å². The van der Waals surface area contributed by atoms with Crippen LogP contribution in [0.4, 0.5) is 0 Å². The van der Waals surface area contributed by atoms with E-state index in [0.29, 0.717) is 12.1 Å². The number of hydrazine groups is 1. The van der Waals surface area contributed by atoms with Crippen molar-refractivity contribution in [2.75, 3.05) is 0 Å². The van der Waals surface area contributed by atoms with Crippen molar-refractivity contribution < 1.29 is 9.59 Å². The second-order valence-electron chi connectivity index (χ2n) is 6.55. The van der Waals surface area contributed by atoms with E-state index in [1.807, 2.05) is 62.5 Å². The molecule has 142 valence electrons. The van der Waals surface area contributed by atoms with Crippen LogP contribution in [-0.4, -0.2) is 21.6 Å². The Morgan fingerprint density at radius 2 is 1.86 bits per heavy atom. The van der Waals surface area contributed by atoms with E-state index in [2.05, 4.69) is 16.0 Å². The molecule has 0 aliphatic carbocycles. The van der Waals surface area contributed by atoms with E-state index in [0.717, 1.165) is 22.3 Å². The highest BCUT2D eigenvalue weighted by atomic mass is 16.2. The van der Waals surface area contributed by atoms with Crippen LogP contribution in [0.25, 0.3) is 6.08 Å². The lowest BCUT2D eigenvalue weighted by Crippen LogP contribution is -2.41. The highest BCUT2D eigenvalue weighted by Crippen LogP contribution is 2.10. The normalized spacial score (nSPS) is 10.8. The monoisotopic (exact) mass is 374 g/mol.